The minimum absolute atomic E-state index is 0.148. The number of para-hydroxylation sites is 2. The Bertz CT molecular complexity index is 3160. The third-order valence-electron chi connectivity index (χ3n) is 12.4. The zero-order valence-corrected chi connectivity index (χ0v) is 33.2. The second kappa shape index (κ2) is 13.9. The number of fused-ring (bicyclic) bond motifs is 6. The molecule has 0 saturated carbocycles. The highest BCUT2D eigenvalue weighted by atomic mass is 15.1. The van der Waals surface area contributed by atoms with Crippen LogP contribution < -0.4 is 4.90 Å². The molecule has 2 heteroatoms. The molecular formula is C57H42N2. The summed E-state index contributed by atoms with van der Waals surface area (Å²) in [5, 5.41) is 2.45. The molecule has 9 aromatic carbocycles. The molecule has 1 heterocycles. The highest BCUT2D eigenvalue weighted by Gasteiger charge is 2.36. The van der Waals surface area contributed by atoms with E-state index in [0.29, 0.717) is 0 Å². The van der Waals surface area contributed by atoms with Crippen LogP contribution in [0.1, 0.15) is 25.0 Å². The number of nitrogens with zero attached hydrogens (tertiary/aromatic N) is 2. The van der Waals surface area contributed by atoms with E-state index in [2.05, 4.69) is 242 Å². The summed E-state index contributed by atoms with van der Waals surface area (Å²) < 4.78 is 2.42. The Morgan fingerprint density at radius 2 is 0.966 bits per heavy atom. The van der Waals surface area contributed by atoms with E-state index in [-0.39, 0.29) is 5.41 Å². The molecule has 59 heavy (non-hydrogen) atoms. The van der Waals surface area contributed by atoms with Crippen LogP contribution in [0.3, 0.4) is 0 Å². The lowest BCUT2D eigenvalue weighted by molar-refractivity contribution is 0.660. The number of hydrogen-bond acceptors (Lipinski definition) is 1. The van der Waals surface area contributed by atoms with E-state index in [1.54, 1.807) is 0 Å². The molecule has 280 valence electrons. The molecule has 0 unspecified atom stereocenters. The molecule has 1 aliphatic rings. The monoisotopic (exact) mass is 754 g/mol. The number of anilines is 3. The average molecular weight is 755 g/mol. The lowest BCUT2D eigenvalue weighted by atomic mass is 9.82. The minimum Gasteiger partial charge on any atom is -0.310 e. The van der Waals surface area contributed by atoms with Gasteiger partial charge in [0.2, 0.25) is 0 Å². The van der Waals surface area contributed by atoms with Gasteiger partial charge in [0.1, 0.15) is 0 Å². The highest BCUT2D eigenvalue weighted by Crippen LogP contribution is 2.53. The first-order valence-electron chi connectivity index (χ1n) is 20.5. The van der Waals surface area contributed by atoms with Crippen LogP contribution in [0.5, 0.6) is 0 Å². The van der Waals surface area contributed by atoms with Gasteiger partial charge in [-0.15, -0.1) is 0 Å². The topological polar surface area (TPSA) is 8.17 Å². The predicted molar refractivity (Wildman–Crippen MR) is 249 cm³/mol. The molecule has 0 spiro atoms. The molecule has 0 atom stereocenters. The fourth-order valence-corrected chi connectivity index (χ4v) is 9.56. The SMILES string of the molecule is CC1(C)c2ccccc2-c2ccc(N(c3ccc(-c4ccccc4)cc3)c3ccc4c(c3-c3cccc(-c5ccccc5)c3)c3ccccc3n4-c3ccccc3)cc21. The van der Waals surface area contributed by atoms with Crippen molar-refractivity contribution in [1.82, 2.24) is 4.57 Å². The summed E-state index contributed by atoms with van der Waals surface area (Å²) in [4.78, 5) is 2.49. The fraction of sp³-hybridized carbons (Fsp3) is 0.0526. The average Bonchev–Trinajstić information content (AvgIpc) is 3.76. The van der Waals surface area contributed by atoms with Crippen LogP contribution in [0.25, 0.3) is 72.0 Å². The molecule has 0 fully saturated rings. The maximum Gasteiger partial charge on any atom is 0.0548 e. The van der Waals surface area contributed by atoms with E-state index in [1.165, 1.54) is 77.4 Å². The lowest BCUT2D eigenvalue weighted by Crippen LogP contribution is -2.17. The van der Waals surface area contributed by atoms with Crippen molar-refractivity contribution < 1.29 is 0 Å². The third-order valence-corrected chi connectivity index (χ3v) is 12.4. The van der Waals surface area contributed by atoms with Gasteiger partial charge in [0, 0.05) is 38.8 Å². The van der Waals surface area contributed by atoms with Gasteiger partial charge in [0.15, 0.2) is 0 Å². The molecule has 0 N–H and O–H groups in total. The largest absolute Gasteiger partial charge is 0.310 e. The summed E-state index contributed by atoms with van der Waals surface area (Å²) in [6.07, 6.45) is 0. The van der Waals surface area contributed by atoms with Crippen molar-refractivity contribution in [3.63, 3.8) is 0 Å². The Morgan fingerprint density at radius 1 is 0.390 bits per heavy atom. The van der Waals surface area contributed by atoms with Gasteiger partial charge >= 0.3 is 0 Å². The van der Waals surface area contributed by atoms with Crippen LogP contribution >= 0.6 is 0 Å². The zero-order chi connectivity index (χ0) is 39.5. The molecule has 1 aliphatic carbocycles. The van der Waals surface area contributed by atoms with E-state index < -0.39 is 0 Å². The fourth-order valence-electron chi connectivity index (χ4n) is 9.56. The standard InChI is InChI=1S/C57H42N2/c1-57(2)50-27-14-12-25-47(50)48-34-33-46(38-51(48)57)58(45-31-29-41(30-32-45)39-17-6-3-7-18-39)53-35-36-54-56(49-26-13-15-28-52(49)59(54)44-23-10-5-11-24-44)55(53)43-22-16-21-42(37-43)40-19-8-4-9-20-40/h3-38H,1-2H3. The van der Waals surface area contributed by atoms with Crippen molar-refractivity contribution in [2.75, 3.05) is 4.90 Å². The Morgan fingerprint density at radius 3 is 1.73 bits per heavy atom. The Balaban J connectivity index is 1.22. The Hall–Kier alpha value is -7.42. The van der Waals surface area contributed by atoms with E-state index in [1.807, 2.05) is 0 Å². The van der Waals surface area contributed by atoms with Gasteiger partial charge < -0.3 is 9.47 Å². The van der Waals surface area contributed by atoms with Crippen molar-refractivity contribution in [3.05, 3.63) is 230 Å². The first kappa shape index (κ1) is 34.8. The maximum atomic E-state index is 2.49. The molecule has 0 aliphatic heterocycles. The number of benzene rings is 9. The van der Waals surface area contributed by atoms with Crippen LogP contribution in [0.2, 0.25) is 0 Å². The van der Waals surface area contributed by atoms with E-state index in [4.69, 9.17) is 0 Å². The van der Waals surface area contributed by atoms with Crippen LogP contribution in [0.15, 0.2) is 218 Å². The smallest absolute Gasteiger partial charge is 0.0548 e. The van der Waals surface area contributed by atoms with Crippen LogP contribution in [-0.4, -0.2) is 4.57 Å². The summed E-state index contributed by atoms with van der Waals surface area (Å²) in [5.74, 6) is 0. The van der Waals surface area contributed by atoms with Crippen LogP contribution in [0, 0.1) is 0 Å². The van der Waals surface area contributed by atoms with Gasteiger partial charge in [-0.25, -0.2) is 0 Å². The third kappa shape index (κ3) is 5.71. The van der Waals surface area contributed by atoms with Crippen molar-refractivity contribution in [1.29, 1.82) is 0 Å². The van der Waals surface area contributed by atoms with Gasteiger partial charge in [0.25, 0.3) is 0 Å². The van der Waals surface area contributed by atoms with Crippen molar-refractivity contribution in [2.24, 2.45) is 0 Å². The second-order valence-electron chi connectivity index (χ2n) is 16.1. The van der Waals surface area contributed by atoms with Gasteiger partial charge in [-0.2, -0.15) is 0 Å². The first-order chi connectivity index (χ1) is 29.0. The predicted octanol–water partition coefficient (Wildman–Crippen LogP) is 15.6. The molecule has 1 aromatic heterocycles. The van der Waals surface area contributed by atoms with Gasteiger partial charge in [-0.05, 0) is 111 Å². The Kier molecular flexibility index (Phi) is 8.20. The summed E-state index contributed by atoms with van der Waals surface area (Å²) in [6.45, 7) is 4.73. The molecular weight excluding hydrogens is 713 g/mol. The first-order valence-corrected chi connectivity index (χ1v) is 20.5. The summed E-state index contributed by atoms with van der Waals surface area (Å²) >= 11 is 0. The maximum absolute atomic E-state index is 2.49. The van der Waals surface area contributed by atoms with Gasteiger partial charge in [-0.1, -0.05) is 172 Å². The molecule has 0 saturated heterocycles. The second-order valence-corrected chi connectivity index (χ2v) is 16.1. The van der Waals surface area contributed by atoms with E-state index in [9.17, 15) is 0 Å². The quantitative estimate of drug-likeness (QED) is 0.157. The normalized spacial score (nSPS) is 12.7. The lowest BCUT2D eigenvalue weighted by Gasteiger charge is -2.30. The summed E-state index contributed by atoms with van der Waals surface area (Å²) in [7, 11) is 0. The van der Waals surface area contributed by atoms with Crippen molar-refractivity contribution in [2.45, 2.75) is 19.3 Å². The summed E-state index contributed by atoms with van der Waals surface area (Å²) in [5.41, 5.74) is 19.2. The minimum atomic E-state index is -0.148. The molecule has 11 rings (SSSR count). The van der Waals surface area contributed by atoms with Crippen LogP contribution in [-0.2, 0) is 5.41 Å². The number of hydrogen-bond donors (Lipinski definition) is 0. The Labute approximate surface area is 345 Å². The molecule has 0 amide bonds. The number of aromatic nitrogens is 1. The van der Waals surface area contributed by atoms with Crippen molar-refractivity contribution in [3.8, 4) is 50.2 Å². The van der Waals surface area contributed by atoms with E-state index >= 15 is 0 Å². The van der Waals surface area contributed by atoms with Gasteiger partial charge in [-0.3, -0.25) is 0 Å². The molecule has 10 aromatic rings. The molecule has 0 radical (unpaired) electrons. The van der Waals surface area contributed by atoms with Crippen molar-refractivity contribution >= 4 is 38.9 Å². The molecule has 0 bridgehead atoms. The molecule has 2 nitrogen and oxygen atoms in total. The van der Waals surface area contributed by atoms with Crippen LogP contribution in [0.4, 0.5) is 17.1 Å². The van der Waals surface area contributed by atoms with Gasteiger partial charge in [0.05, 0.1) is 16.7 Å². The van der Waals surface area contributed by atoms with E-state index in [0.717, 1.165) is 22.7 Å². The zero-order valence-electron chi connectivity index (χ0n) is 33.2. The summed E-state index contributed by atoms with van der Waals surface area (Å²) in [6, 6.07) is 79.9. The number of rotatable bonds is 7. The highest BCUT2D eigenvalue weighted by molar-refractivity contribution is 6.19.